The summed E-state index contributed by atoms with van der Waals surface area (Å²) in [5.74, 6) is 0.945. The van der Waals surface area contributed by atoms with E-state index < -0.39 is 0 Å². The number of hydrogen-bond acceptors (Lipinski definition) is 2. The molecular formula is C14H28N2. The predicted molar refractivity (Wildman–Crippen MR) is 69.7 cm³/mol. The fourth-order valence-electron chi connectivity index (χ4n) is 3.38. The maximum atomic E-state index is 3.66. The van der Waals surface area contributed by atoms with E-state index in [0.717, 1.165) is 18.0 Å². The van der Waals surface area contributed by atoms with Crippen LogP contribution >= 0.6 is 0 Å². The molecule has 94 valence electrons. The van der Waals surface area contributed by atoms with E-state index in [1.807, 2.05) is 0 Å². The minimum atomic E-state index is 0.760. The van der Waals surface area contributed by atoms with Crippen molar-refractivity contribution in [1.82, 2.24) is 10.2 Å². The van der Waals surface area contributed by atoms with E-state index in [9.17, 15) is 0 Å². The summed E-state index contributed by atoms with van der Waals surface area (Å²) in [6, 6.07) is 1.61. The first-order chi connectivity index (χ1) is 7.75. The second kappa shape index (κ2) is 6.02. The van der Waals surface area contributed by atoms with Gasteiger partial charge in [-0.2, -0.15) is 0 Å². The molecule has 1 aliphatic heterocycles. The van der Waals surface area contributed by atoms with Crippen molar-refractivity contribution in [3.8, 4) is 0 Å². The van der Waals surface area contributed by atoms with Gasteiger partial charge in [0.15, 0.2) is 0 Å². The number of hydrogen-bond donors (Lipinski definition) is 1. The van der Waals surface area contributed by atoms with Gasteiger partial charge < -0.3 is 10.2 Å². The molecule has 0 aromatic carbocycles. The molecule has 0 amide bonds. The van der Waals surface area contributed by atoms with Crippen molar-refractivity contribution in [1.29, 1.82) is 0 Å². The largest absolute Gasteiger partial charge is 0.313 e. The van der Waals surface area contributed by atoms with Crippen molar-refractivity contribution < 1.29 is 0 Å². The zero-order valence-corrected chi connectivity index (χ0v) is 11.0. The summed E-state index contributed by atoms with van der Waals surface area (Å²) < 4.78 is 0. The van der Waals surface area contributed by atoms with Crippen molar-refractivity contribution in [2.45, 2.75) is 64.0 Å². The predicted octanol–water partition coefficient (Wildman–Crippen LogP) is 2.64. The summed E-state index contributed by atoms with van der Waals surface area (Å²) >= 11 is 0. The molecule has 0 spiro atoms. The van der Waals surface area contributed by atoms with Crippen LogP contribution in [0.2, 0.25) is 0 Å². The van der Waals surface area contributed by atoms with Crippen molar-refractivity contribution in [3.05, 3.63) is 0 Å². The van der Waals surface area contributed by atoms with E-state index in [4.69, 9.17) is 0 Å². The van der Waals surface area contributed by atoms with Gasteiger partial charge in [-0.25, -0.2) is 0 Å². The molecule has 2 nitrogen and oxygen atoms in total. The highest BCUT2D eigenvalue weighted by Crippen LogP contribution is 2.27. The Morgan fingerprint density at radius 2 is 2.00 bits per heavy atom. The van der Waals surface area contributed by atoms with Gasteiger partial charge in [-0.15, -0.1) is 0 Å². The summed E-state index contributed by atoms with van der Waals surface area (Å²) in [5, 5.41) is 3.66. The Morgan fingerprint density at radius 1 is 1.12 bits per heavy atom. The Balaban J connectivity index is 1.75. The third-order valence-corrected chi connectivity index (χ3v) is 4.45. The first-order valence-electron chi connectivity index (χ1n) is 7.19. The topological polar surface area (TPSA) is 15.3 Å². The standard InChI is InChI=1S/C14H28N2/c1-12-6-5-8-14(10-12)16(2)11-13-7-3-4-9-15-13/h12-15H,3-11H2,1-2H3. The van der Waals surface area contributed by atoms with Gasteiger partial charge in [-0.3, -0.25) is 0 Å². The molecule has 2 rings (SSSR count). The lowest BCUT2D eigenvalue weighted by atomic mass is 9.86. The Kier molecular flexibility index (Phi) is 4.66. The molecule has 1 N–H and O–H groups in total. The van der Waals surface area contributed by atoms with Crippen molar-refractivity contribution >= 4 is 0 Å². The van der Waals surface area contributed by atoms with Crippen LogP contribution in [0.4, 0.5) is 0 Å². The summed E-state index contributed by atoms with van der Waals surface area (Å²) in [5.41, 5.74) is 0. The molecule has 1 saturated heterocycles. The van der Waals surface area contributed by atoms with E-state index in [1.165, 1.54) is 58.0 Å². The second-order valence-corrected chi connectivity index (χ2v) is 6.01. The highest BCUT2D eigenvalue weighted by atomic mass is 15.2. The van der Waals surface area contributed by atoms with Gasteiger partial charge >= 0.3 is 0 Å². The maximum Gasteiger partial charge on any atom is 0.0195 e. The zero-order chi connectivity index (χ0) is 11.4. The van der Waals surface area contributed by atoms with Crippen molar-refractivity contribution in [3.63, 3.8) is 0 Å². The fraction of sp³-hybridized carbons (Fsp3) is 1.00. The van der Waals surface area contributed by atoms with Crippen LogP contribution in [0.25, 0.3) is 0 Å². The van der Waals surface area contributed by atoms with Gasteiger partial charge in [-0.05, 0) is 45.2 Å². The molecule has 1 heterocycles. The van der Waals surface area contributed by atoms with Gasteiger partial charge in [0.2, 0.25) is 0 Å². The van der Waals surface area contributed by atoms with Crippen LogP contribution in [0.1, 0.15) is 51.9 Å². The smallest absolute Gasteiger partial charge is 0.0195 e. The first kappa shape index (κ1) is 12.4. The van der Waals surface area contributed by atoms with Gasteiger partial charge in [0.1, 0.15) is 0 Å². The van der Waals surface area contributed by atoms with Gasteiger partial charge in [0, 0.05) is 18.6 Å². The Hall–Kier alpha value is -0.0800. The lowest BCUT2D eigenvalue weighted by molar-refractivity contribution is 0.144. The maximum absolute atomic E-state index is 3.66. The van der Waals surface area contributed by atoms with Gasteiger partial charge in [-0.1, -0.05) is 26.2 Å². The lowest BCUT2D eigenvalue weighted by Crippen LogP contribution is -2.46. The third kappa shape index (κ3) is 3.46. The van der Waals surface area contributed by atoms with E-state index in [0.29, 0.717) is 0 Å². The van der Waals surface area contributed by atoms with Gasteiger partial charge in [0.05, 0.1) is 0 Å². The number of nitrogens with zero attached hydrogens (tertiary/aromatic N) is 1. The molecule has 3 atom stereocenters. The first-order valence-corrected chi connectivity index (χ1v) is 7.19. The third-order valence-electron chi connectivity index (χ3n) is 4.45. The van der Waals surface area contributed by atoms with Crippen LogP contribution < -0.4 is 5.32 Å². The lowest BCUT2D eigenvalue weighted by Gasteiger charge is -2.37. The number of piperidine rings is 1. The summed E-state index contributed by atoms with van der Waals surface area (Å²) in [6.45, 7) is 4.91. The van der Waals surface area contributed by atoms with Crippen LogP contribution in [-0.4, -0.2) is 37.1 Å². The summed E-state index contributed by atoms with van der Waals surface area (Å²) in [6.07, 6.45) is 9.91. The van der Waals surface area contributed by atoms with Crippen LogP contribution in [0.15, 0.2) is 0 Å². The van der Waals surface area contributed by atoms with Crippen LogP contribution in [-0.2, 0) is 0 Å². The highest BCUT2D eigenvalue weighted by molar-refractivity contribution is 4.81. The minimum Gasteiger partial charge on any atom is -0.313 e. The minimum absolute atomic E-state index is 0.760. The quantitative estimate of drug-likeness (QED) is 0.793. The Bertz CT molecular complexity index is 199. The number of nitrogens with one attached hydrogen (secondary N) is 1. The summed E-state index contributed by atoms with van der Waals surface area (Å²) in [7, 11) is 2.33. The average molecular weight is 224 g/mol. The molecular weight excluding hydrogens is 196 g/mol. The molecule has 3 unspecified atom stereocenters. The molecule has 0 radical (unpaired) electrons. The SMILES string of the molecule is CC1CCCC(N(C)CC2CCCCN2)C1. The monoisotopic (exact) mass is 224 g/mol. The molecule has 0 aromatic rings. The van der Waals surface area contributed by atoms with E-state index >= 15 is 0 Å². The Morgan fingerprint density at radius 3 is 2.69 bits per heavy atom. The summed E-state index contributed by atoms with van der Waals surface area (Å²) in [4.78, 5) is 2.62. The van der Waals surface area contributed by atoms with Crippen LogP contribution in [0.5, 0.6) is 0 Å². The van der Waals surface area contributed by atoms with Crippen molar-refractivity contribution in [2.75, 3.05) is 20.1 Å². The molecule has 1 aliphatic carbocycles. The highest BCUT2D eigenvalue weighted by Gasteiger charge is 2.24. The Labute approximate surface area is 101 Å². The van der Waals surface area contributed by atoms with Crippen LogP contribution in [0.3, 0.4) is 0 Å². The average Bonchev–Trinajstić information content (AvgIpc) is 2.30. The van der Waals surface area contributed by atoms with Gasteiger partial charge in [0.25, 0.3) is 0 Å². The molecule has 2 aliphatic rings. The number of rotatable bonds is 3. The van der Waals surface area contributed by atoms with Crippen molar-refractivity contribution in [2.24, 2.45) is 5.92 Å². The second-order valence-electron chi connectivity index (χ2n) is 6.01. The molecule has 2 heteroatoms. The van der Waals surface area contributed by atoms with E-state index in [-0.39, 0.29) is 0 Å². The molecule has 16 heavy (non-hydrogen) atoms. The normalized spacial score (nSPS) is 36.6. The molecule has 0 aromatic heterocycles. The molecule has 2 fully saturated rings. The number of likely N-dealkylation sites (N-methyl/N-ethyl adjacent to an activating group) is 1. The fourth-order valence-corrected chi connectivity index (χ4v) is 3.38. The van der Waals surface area contributed by atoms with Crippen LogP contribution in [0, 0.1) is 5.92 Å². The zero-order valence-electron chi connectivity index (χ0n) is 11.0. The molecule has 0 bridgehead atoms. The molecule has 1 saturated carbocycles. The van der Waals surface area contributed by atoms with E-state index in [2.05, 4.69) is 24.2 Å². The van der Waals surface area contributed by atoms with E-state index in [1.54, 1.807) is 0 Å².